The molecule has 0 radical (unpaired) electrons. The highest BCUT2D eigenvalue weighted by Gasteiger charge is 2.23. The molecule has 0 atom stereocenters. The Kier molecular flexibility index (Phi) is 6.59. The topological polar surface area (TPSA) is 92.4 Å². The number of carboxylic acids is 1. The van der Waals surface area contributed by atoms with Crippen LogP contribution in [0.1, 0.15) is 54.4 Å². The van der Waals surface area contributed by atoms with Gasteiger partial charge in [-0.2, -0.15) is 0 Å². The largest absolute Gasteiger partial charge is 0.481 e. The Balaban J connectivity index is 1.77. The average molecular weight is 318 g/mol. The second kappa shape index (κ2) is 8.67. The molecule has 0 unspecified atom stereocenters. The van der Waals surface area contributed by atoms with Crippen molar-refractivity contribution in [2.24, 2.45) is 11.7 Å². The minimum Gasteiger partial charge on any atom is -0.481 e. The van der Waals surface area contributed by atoms with E-state index in [9.17, 15) is 9.59 Å². The van der Waals surface area contributed by atoms with Gasteiger partial charge < -0.3 is 16.2 Å². The normalized spacial score (nSPS) is 20.9. The first kappa shape index (κ1) is 17.5. The van der Waals surface area contributed by atoms with E-state index in [1.54, 1.807) is 0 Å². The molecule has 126 valence electrons. The minimum atomic E-state index is -0.724. The van der Waals surface area contributed by atoms with Crippen molar-refractivity contribution in [3.05, 3.63) is 35.4 Å². The maximum Gasteiger partial charge on any atom is 0.303 e. The molecule has 1 aromatic rings. The van der Waals surface area contributed by atoms with Crippen molar-refractivity contribution < 1.29 is 14.7 Å². The Hall–Kier alpha value is -1.88. The number of nitrogens with two attached hydrogens (primary N) is 1. The van der Waals surface area contributed by atoms with Crippen LogP contribution < -0.4 is 11.1 Å². The summed E-state index contributed by atoms with van der Waals surface area (Å²) in [5.74, 6) is -0.272. The number of hydrogen-bond acceptors (Lipinski definition) is 3. The van der Waals surface area contributed by atoms with Crippen molar-refractivity contribution in [3.63, 3.8) is 0 Å². The molecular weight excluding hydrogens is 292 g/mol. The molecule has 0 bridgehead atoms. The van der Waals surface area contributed by atoms with Gasteiger partial charge in [0.25, 0.3) is 5.91 Å². The fourth-order valence-corrected chi connectivity index (χ4v) is 3.18. The second-order valence-corrected chi connectivity index (χ2v) is 6.36. The van der Waals surface area contributed by atoms with E-state index in [0.29, 0.717) is 18.0 Å². The van der Waals surface area contributed by atoms with Gasteiger partial charge in [0.2, 0.25) is 0 Å². The Bertz CT molecular complexity index is 520. The number of nitrogens with one attached hydrogen (secondary N) is 1. The van der Waals surface area contributed by atoms with Crippen molar-refractivity contribution in [1.29, 1.82) is 0 Å². The van der Waals surface area contributed by atoms with Crippen LogP contribution in [-0.2, 0) is 11.2 Å². The van der Waals surface area contributed by atoms with Gasteiger partial charge in [0.1, 0.15) is 0 Å². The van der Waals surface area contributed by atoms with Gasteiger partial charge in [0.05, 0.1) is 0 Å². The van der Waals surface area contributed by atoms with Gasteiger partial charge in [-0.1, -0.05) is 12.1 Å². The van der Waals surface area contributed by atoms with Crippen molar-refractivity contribution in [2.75, 3.05) is 6.54 Å². The van der Waals surface area contributed by atoms with Gasteiger partial charge in [0.15, 0.2) is 0 Å². The summed E-state index contributed by atoms with van der Waals surface area (Å²) in [6.07, 6.45) is 5.67. The summed E-state index contributed by atoms with van der Waals surface area (Å²) in [6.45, 7) is 0.608. The van der Waals surface area contributed by atoms with Gasteiger partial charge in [-0.3, -0.25) is 9.59 Å². The summed E-state index contributed by atoms with van der Waals surface area (Å²) in [7, 11) is 0. The summed E-state index contributed by atoms with van der Waals surface area (Å²) < 4.78 is 0. The molecule has 5 nitrogen and oxygen atoms in total. The summed E-state index contributed by atoms with van der Waals surface area (Å²) in [5, 5.41) is 11.8. The van der Waals surface area contributed by atoms with Crippen molar-refractivity contribution in [1.82, 2.24) is 5.32 Å². The van der Waals surface area contributed by atoms with E-state index < -0.39 is 5.97 Å². The van der Waals surface area contributed by atoms with E-state index in [0.717, 1.165) is 44.1 Å². The highest BCUT2D eigenvalue weighted by Crippen LogP contribution is 2.28. The van der Waals surface area contributed by atoms with Gasteiger partial charge in [-0.05, 0) is 68.7 Å². The SMILES string of the molecule is NCCc1ccc(C(=O)NC2CCC(CCC(=O)O)CC2)cc1. The van der Waals surface area contributed by atoms with Gasteiger partial charge in [-0.25, -0.2) is 0 Å². The molecule has 1 fully saturated rings. The molecule has 1 aromatic carbocycles. The van der Waals surface area contributed by atoms with Crippen molar-refractivity contribution in [3.8, 4) is 0 Å². The Morgan fingerprint density at radius 2 is 1.78 bits per heavy atom. The molecule has 1 amide bonds. The first-order valence-electron chi connectivity index (χ1n) is 8.40. The molecule has 0 aromatic heterocycles. The van der Waals surface area contributed by atoms with Gasteiger partial charge >= 0.3 is 5.97 Å². The highest BCUT2D eigenvalue weighted by atomic mass is 16.4. The third-order valence-corrected chi connectivity index (χ3v) is 4.60. The molecule has 4 N–H and O–H groups in total. The lowest BCUT2D eigenvalue weighted by Gasteiger charge is -2.28. The number of benzene rings is 1. The first-order chi connectivity index (χ1) is 11.1. The fraction of sp³-hybridized carbons (Fsp3) is 0.556. The van der Waals surface area contributed by atoms with Crippen LogP contribution >= 0.6 is 0 Å². The lowest BCUT2D eigenvalue weighted by molar-refractivity contribution is -0.137. The molecule has 0 heterocycles. The Morgan fingerprint density at radius 1 is 1.13 bits per heavy atom. The maximum atomic E-state index is 12.3. The summed E-state index contributed by atoms with van der Waals surface area (Å²) in [4.78, 5) is 22.9. The van der Waals surface area contributed by atoms with E-state index in [1.165, 1.54) is 0 Å². The third-order valence-electron chi connectivity index (χ3n) is 4.60. The minimum absolute atomic E-state index is 0.0294. The molecule has 5 heteroatoms. The Labute approximate surface area is 137 Å². The highest BCUT2D eigenvalue weighted by molar-refractivity contribution is 5.94. The number of aliphatic carboxylic acids is 1. The van der Waals surface area contributed by atoms with Crippen molar-refractivity contribution >= 4 is 11.9 Å². The van der Waals surface area contributed by atoms with Crippen LogP contribution in [0, 0.1) is 5.92 Å². The van der Waals surface area contributed by atoms with E-state index in [1.807, 2.05) is 24.3 Å². The van der Waals surface area contributed by atoms with Crippen LogP contribution in [0.15, 0.2) is 24.3 Å². The molecule has 1 aliphatic carbocycles. The summed E-state index contributed by atoms with van der Waals surface area (Å²) in [5.41, 5.74) is 7.34. The van der Waals surface area contributed by atoms with E-state index in [4.69, 9.17) is 10.8 Å². The number of amides is 1. The number of carbonyl (C=O) groups is 2. The molecular formula is C18H26N2O3. The van der Waals surface area contributed by atoms with Gasteiger partial charge in [0, 0.05) is 18.0 Å². The molecule has 0 saturated heterocycles. The third kappa shape index (κ3) is 5.67. The molecule has 1 saturated carbocycles. The quantitative estimate of drug-likeness (QED) is 0.719. The summed E-state index contributed by atoms with van der Waals surface area (Å²) >= 11 is 0. The van der Waals surface area contributed by atoms with E-state index in [-0.39, 0.29) is 18.4 Å². The maximum absolute atomic E-state index is 12.3. The van der Waals surface area contributed by atoms with Crippen LogP contribution in [0.4, 0.5) is 0 Å². The molecule has 1 aliphatic rings. The van der Waals surface area contributed by atoms with Crippen LogP contribution in [0.5, 0.6) is 0 Å². The fourth-order valence-electron chi connectivity index (χ4n) is 3.18. The molecule has 0 aliphatic heterocycles. The van der Waals surface area contributed by atoms with Crippen LogP contribution in [0.25, 0.3) is 0 Å². The lowest BCUT2D eigenvalue weighted by Crippen LogP contribution is -2.37. The predicted molar refractivity (Wildman–Crippen MR) is 89.3 cm³/mol. The monoisotopic (exact) mass is 318 g/mol. The van der Waals surface area contributed by atoms with Gasteiger partial charge in [-0.15, -0.1) is 0 Å². The zero-order chi connectivity index (χ0) is 16.7. The van der Waals surface area contributed by atoms with Crippen LogP contribution in [-0.4, -0.2) is 29.6 Å². The first-order valence-corrected chi connectivity index (χ1v) is 8.40. The summed E-state index contributed by atoms with van der Waals surface area (Å²) in [6, 6.07) is 7.79. The predicted octanol–water partition coefficient (Wildman–Crippen LogP) is 2.34. The van der Waals surface area contributed by atoms with Crippen LogP contribution in [0.3, 0.4) is 0 Å². The van der Waals surface area contributed by atoms with Crippen molar-refractivity contribution in [2.45, 2.75) is 51.0 Å². The van der Waals surface area contributed by atoms with E-state index in [2.05, 4.69) is 5.32 Å². The van der Waals surface area contributed by atoms with E-state index >= 15 is 0 Å². The number of carbonyl (C=O) groups excluding carboxylic acids is 1. The average Bonchev–Trinajstić information content (AvgIpc) is 2.55. The zero-order valence-electron chi connectivity index (χ0n) is 13.5. The lowest BCUT2D eigenvalue weighted by atomic mass is 9.83. The number of hydrogen-bond donors (Lipinski definition) is 3. The second-order valence-electron chi connectivity index (χ2n) is 6.36. The number of rotatable bonds is 7. The Morgan fingerprint density at radius 3 is 2.35 bits per heavy atom. The molecule has 0 spiro atoms. The smallest absolute Gasteiger partial charge is 0.303 e. The molecule has 2 rings (SSSR count). The standard InChI is InChI=1S/C18H26N2O3/c19-12-11-14-1-6-15(7-2-14)18(23)20-16-8-3-13(4-9-16)5-10-17(21)22/h1-2,6-7,13,16H,3-5,8-12,19H2,(H,20,23)(H,21,22). The molecule has 23 heavy (non-hydrogen) atoms. The van der Waals surface area contributed by atoms with Crippen LogP contribution in [0.2, 0.25) is 0 Å². The number of carboxylic acid groups (broad SMARTS) is 1. The zero-order valence-corrected chi connectivity index (χ0v) is 13.5.